The minimum absolute atomic E-state index is 0.174. The van der Waals surface area contributed by atoms with Gasteiger partial charge in [0, 0.05) is 11.6 Å². The van der Waals surface area contributed by atoms with E-state index < -0.39 is 24.0 Å². The topological polar surface area (TPSA) is 68.5 Å². The predicted molar refractivity (Wildman–Crippen MR) is 85.3 cm³/mol. The van der Waals surface area contributed by atoms with Gasteiger partial charge in [-0.2, -0.15) is 18.2 Å². The van der Waals surface area contributed by atoms with Crippen LogP contribution in [0.1, 0.15) is 31.3 Å². The number of hydrogen-bond acceptors (Lipinski definition) is 5. The van der Waals surface area contributed by atoms with Crippen LogP contribution in [0.25, 0.3) is 11.4 Å². The first-order chi connectivity index (χ1) is 12.3. The largest absolute Gasteiger partial charge is 0.471 e. The summed E-state index contributed by atoms with van der Waals surface area (Å²) in [5, 5.41) is 4.48. The Morgan fingerprint density at radius 3 is 2.50 bits per heavy atom. The second-order valence-corrected chi connectivity index (χ2v) is 5.17. The first-order valence-corrected chi connectivity index (χ1v) is 7.53. The lowest BCUT2D eigenvalue weighted by Crippen LogP contribution is -2.31. The lowest BCUT2D eigenvalue weighted by Gasteiger charge is -2.25. The molecule has 0 aliphatic rings. The van der Waals surface area contributed by atoms with E-state index in [4.69, 9.17) is 4.84 Å². The normalized spacial score (nSPS) is 12.2. The first kappa shape index (κ1) is 19.4. The van der Waals surface area contributed by atoms with Crippen molar-refractivity contribution in [3.8, 4) is 11.4 Å². The molecular weight excluding hydrogens is 351 g/mol. The van der Waals surface area contributed by atoms with E-state index in [1.54, 1.807) is 32.1 Å². The van der Waals surface area contributed by atoms with E-state index in [1.165, 1.54) is 25.3 Å². The highest BCUT2D eigenvalue weighted by molar-refractivity contribution is 5.86. The molecule has 1 amide bonds. The number of aromatic nitrogens is 2. The number of amides is 1. The summed E-state index contributed by atoms with van der Waals surface area (Å²) in [6, 6.07) is 5.92. The molecule has 0 spiro atoms. The van der Waals surface area contributed by atoms with Gasteiger partial charge in [-0.25, -0.2) is 5.06 Å². The average molecular weight is 367 g/mol. The highest BCUT2D eigenvalue weighted by Gasteiger charge is 2.38. The van der Waals surface area contributed by atoms with Crippen molar-refractivity contribution in [1.29, 1.82) is 0 Å². The van der Waals surface area contributed by atoms with Gasteiger partial charge in [-0.1, -0.05) is 29.4 Å². The van der Waals surface area contributed by atoms with Crippen LogP contribution in [0.5, 0.6) is 0 Å². The molecule has 1 unspecified atom stereocenters. The maximum Gasteiger partial charge on any atom is 0.471 e. The standard InChI is InChI=1S/C17H16F3N3O3/c1-4-5-6-14(24)23(25-3)11(2)12-7-9-13(10-8-12)15-21-16(26-22-15)17(18,19)20/h4,6-11H,1-3H3. The Kier molecular flexibility index (Phi) is 5.97. The van der Waals surface area contributed by atoms with Crippen LogP contribution in [-0.2, 0) is 15.8 Å². The molecule has 0 N–H and O–H groups in total. The summed E-state index contributed by atoms with van der Waals surface area (Å²) >= 11 is 0. The third kappa shape index (κ3) is 4.38. The number of hydrogen-bond donors (Lipinski definition) is 0. The van der Waals surface area contributed by atoms with Crippen molar-refractivity contribution in [3.05, 3.63) is 53.6 Å². The highest BCUT2D eigenvalue weighted by atomic mass is 19.4. The molecule has 0 saturated heterocycles. The number of carbonyl (C=O) groups is 1. The third-order valence-electron chi connectivity index (χ3n) is 3.46. The zero-order chi connectivity index (χ0) is 19.3. The molecule has 1 heterocycles. The van der Waals surface area contributed by atoms with Gasteiger partial charge in [-0.3, -0.25) is 9.63 Å². The predicted octanol–water partition coefficient (Wildman–Crippen LogP) is 3.94. The van der Waals surface area contributed by atoms with Crippen molar-refractivity contribution in [2.24, 2.45) is 0 Å². The summed E-state index contributed by atoms with van der Waals surface area (Å²) < 4.78 is 41.8. The SMILES string of the molecule is CC=C=CC(=O)N(OC)C(C)c1ccc(-c2noc(C(F)(F)F)n2)cc1. The number of hydroxylamine groups is 2. The Hall–Kier alpha value is -2.90. The van der Waals surface area contributed by atoms with Crippen LogP contribution in [0.15, 0.2) is 46.7 Å². The third-order valence-corrected chi connectivity index (χ3v) is 3.46. The van der Waals surface area contributed by atoms with Crippen LogP contribution >= 0.6 is 0 Å². The number of alkyl halides is 3. The van der Waals surface area contributed by atoms with E-state index in [0.29, 0.717) is 11.1 Å². The Bertz CT molecular complexity index is 822. The number of nitrogens with zero attached hydrogens (tertiary/aromatic N) is 3. The van der Waals surface area contributed by atoms with Crippen LogP contribution in [0.2, 0.25) is 0 Å². The van der Waals surface area contributed by atoms with Crippen molar-refractivity contribution in [3.63, 3.8) is 0 Å². The van der Waals surface area contributed by atoms with Gasteiger partial charge in [-0.05, 0) is 25.5 Å². The van der Waals surface area contributed by atoms with Gasteiger partial charge in [0.1, 0.15) is 0 Å². The molecule has 1 aromatic heterocycles. The van der Waals surface area contributed by atoms with Gasteiger partial charge in [0.15, 0.2) is 0 Å². The molecular formula is C17H16F3N3O3. The molecule has 2 rings (SSSR count). The molecule has 0 fully saturated rings. The molecule has 1 atom stereocenters. The average Bonchev–Trinajstić information content (AvgIpc) is 3.11. The summed E-state index contributed by atoms with van der Waals surface area (Å²) in [5.74, 6) is -1.97. The first-order valence-electron chi connectivity index (χ1n) is 7.53. The molecule has 2 aromatic rings. The summed E-state index contributed by atoms with van der Waals surface area (Å²) in [4.78, 5) is 20.5. The second kappa shape index (κ2) is 7.99. The van der Waals surface area contributed by atoms with Crippen molar-refractivity contribution in [1.82, 2.24) is 15.2 Å². The molecule has 0 bridgehead atoms. The molecule has 0 aliphatic heterocycles. The lowest BCUT2D eigenvalue weighted by molar-refractivity contribution is -0.182. The Morgan fingerprint density at radius 1 is 1.35 bits per heavy atom. The number of carbonyl (C=O) groups excluding carboxylic acids is 1. The smallest absolute Gasteiger partial charge is 0.329 e. The summed E-state index contributed by atoms with van der Waals surface area (Å²) in [6.07, 6.45) is -1.86. The molecule has 138 valence electrons. The van der Waals surface area contributed by atoms with Crippen LogP contribution in [0, 0.1) is 0 Å². The zero-order valence-corrected chi connectivity index (χ0v) is 14.2. The summed E-state index contributed by atoms with van der Waals surface area (Å²) in [6.45, 7) is 3.47. The Morgan fingerprint density at radius 2 is 2.00 bits per heavy atom. The molecule has 9 heteroatoms. The van der Waals surface area contributed by atoms with E-state index in [0.717, 1.165) is 5.06 Å². The van der Waals surface area contributed by atoms with E-state index in [1.807, 2.05) is 0 Å². The van der Waals surface area contributed by atoms with Gasteiger partial charge in [-0.15, -0.1) is 5.73 Å². The van der Waals surface area contributed by atoms with Crippen LogP contribution in [0.3, 0.4) is 0 Å². The Balaban J connectivity index is 2.21. The van der Waals surface area contributed by atoms with Gasteiger partial charge < -0.3 is 4.52 Å². The molecule has 0 saturated carbocycles. The fourth-order valence-corrected chi connectivity index (χ4v) is 2.16. The van der Waals surface area contributed by atoms with E-state index in [-0.39, 0.29) is 5.82 Å². The number of benzene rings is 1. The van der Waals surface area contributed by atoms with Crippen LogP contribution in [0.4, 0.5) is 13.2 Å². The van der Waals surface area contributed by atoms with Crippen LogP contribution in [-0.4, -0.2) is 28.2 Å². The maximum atomic E-state index is 12.5. The van der Waals surface area contributed by atoms with Gasteiger partial charge >= 0.3 is 12.1 Å². The van der Waals surface area contributed by atoms with Crippen molar-refractivity contribution >= 4 is 5.91 Å². The lowest BCUT2D eigenvalue weighted by atomic mass is 10.1. The molecule has 0 radical (unpaired) electrons. The number of halogens is 3. The van der Waals surface area contributed by atoms with Crippen LogP contribution < -0.4 is 0 Å². The molecule has 6 nitrogen and oxygen atoms in total. The second-order valence-electron chi connectivity index (χ2n) is 5.17. The minimum Gasteiger partial charge on any atom is -0.329 e. The van der Waals surface area contributed by atoms with Gasteiger partial charge in [0.05, 0.1) is 13.2 Å². The monoisotopic (exact) mass is 367 g/mol. The van der Waals surface area contributed by atoms with E-state index in [9.17, 15) is 18.0 Å². The van der Waals surface area contributed by atoms with Gasteiger partial charge in [0.2, 0.25) is 5.82 Å². The molecule has 0 aliphatic carbocycles. The van der Waals surface area contributed by atoms with E-state index in [2.05, 4.69) is 20.4 Å². The fraction of sp³-hybridized carbons (Fsp3) is 0.294. The quantitative estimate of drug-likeness (QED) is 0.455. The zero-order valence-electron chi connectivity index (χ0n) is 14.2. The van der Waals surface area contributed by atoms with Crippen molar-refractivity contribution in [2.75, 3.05) is 7.11 Å². The van der Waals surface area contributed by atoms with E-state index >= 15 is 0 Å². The van der Waals surface area contributed by atoms with Crippen molar-refractivity contribution in [2.45, 2.75) is 26.1 Å². The number of rotatable bonds is 5. The van der Waals surface area contributed by atoms with Crippen molar-refractivity contribution < 1.29 is 27.3 Å². The Labute approximate surface area is 147 Å². The molecule has 26 heavy (non-hydrogen) atoms. The highest BCUT2D eigenvalue weighted by Crippen LogP contribution is 2.30. The van der Waals surface area contributed by atoms with Gasteiger partial charge in [0.25, 0.3) is 5.91 Å². The minimum atomic E-state index is -4.69. The molecule has 1 aromatic carbocycles. The fourth-order valence-electron chi connectivity index (χ4n) is 2.16. The summed E-state index contributed by atoms with van der Waals surface area (Å²) in [5.41, 5.74) is 3.73. The maximum absolute atomic E-state index is 12.5. The summed E-state index contributed by atoms with van der Waals surface area (Å²) in [7, 11) is 1.37.